The Kier molecular flexibility index (Phi) is 5.84. The van der Waals surface area contributed by atoms with Gasteiger partial charge in [0.05, 0.1) is 5.02 Å². The Bertz CT molecular complexity index is 606. The van der Waals surface area contributed by atoms with Crippen LogP contribution in [0.15, 0.2) is 42.7 Å². The van der Waals surface area contributed by atoms with E-state index in [1.807, 2.05) is 12.1 Å². The summed E-state index contributed by atoms with van der Waals surface area (Å²) in [4.78, 5) is 15.6. The first-order chi connectivity index (χ1) is 10.1. The molecule has 2 aromatic rings. The van der Waals surface area contributed by atoms with E-state index < -0.39 is 0 Å². The quantitative estimate of drug-likeness (QED) is 0.888. The number of carbonyl (C=O) groups is 1. The van der Waals surface area contributed by atoms with Crippen molar-refractivity contribution >= 4 is 29.1 Å². The van der Waals surface area contributed by atoms with E-state index >= 15 is 0 Å². The fourth-order valence-electron chi connectivity index (χ4n) is 1.68. The van der Waals surface area contributed by atoms with Crippen molar-refractivity contribution in [2.45, 2.75) is 6.42 Å². The number of hydrogen-bond donors (Lipinski definition) is 1. The summed E-state index contributed by atoms with van der Waals surface area (Å²) in [7, 11) is 0. The van der Waals surface area contributed by atoms with Gasteiger partial charge in [0.15, 0.2) is 6.61 Å². The first-order valence-electron chi connectivity index (χ1n) is 6.38. The van der Waals surface area contributed by atoms with E-state index in [2.05, 4.69) is 10.3 Å². The van der Waals surface area contributed by atoms with Crippen LogP contribution in [-0.2, 0) is 11.2 Å². The summed E-state index contributed by atoms with van der Waals surface area (Å²) in [5.74, 6) is 0.237. The molecule has 1 aromatic carbocycles. The number of hydrogen-bond acceptors (Lipinski definition) is 3. The maximum Gasteiger partial charge on any atom is 0.257 e. The van der Waals surface area contributed by atoms with E-state index in [9.17, 15) is 4.79 Å². The highest BCUT2D eigenvalue weighted by Crippen LogP contribution is 2.27. The lowest BCUT2D eigenvalue weighted by molar-refractivity contribution is -0.123. The van der Waals surface area contributed by atoms with Crippen molar-refractivity contribution in [3.05, 3.63) is 58.3 Å². The van der Waals surface area contributed by atoms with E-state index in [1.165, 1.54) is 0 Å². The summed E-state index contributed by atoms with van der Waals surface area (Å²) in [6.45, 7) is 0.457. The third kappa shape index (κ3) is 5.25. The lowest BCUT2D eigenvalue weighted by Crippen LogP contribution is -2.30. The second-order valence-electron chi connectivity index (χ2n) is 4.32. The third-order valence-corrected chi connectivity index (χ3v) is 3.27. The molecule has 110 valence electrons. The summed E-state index contributed by atoms with van der Waals surface area (Å²) in [6.07, 6.45) is 4.20. The smallest absolute Gasteiger partial charge is 0.257 e. The van der Waals surface area contributed by atoms with Gasteiger partial charge in [-0.05, 0) is 42.3 Å². The number of halogens is 2. The molecule has 1 heterocycles. The van der Waals surface area contributed by atoms with Crippen LogP contribution >= 0.6 is 23.2 Å². The molecule has 0 aliphatic rings. The SMILES string of the molecule is O=C(COc1ccc(Cl)cc1Cl)NCCc1ccncc1. The summed E-state index contributed by atoms with van der Waals surface area (Å²) < 4.78 is 5.34. The van der Waals surface area contributed by atoms with Crippen LogP contribution in [0.3, 0.4) is 0 Å². The van der Waals surface area contributed by atoms with E-state index in [1.54, 1.807) is 30.6 Å². The van der Waals surface area contributed by atoms with Crippen molar-refractivity contribution in [2.75, 3.05) is 13.2 Å². The van der Waals surface area contributed by atoms with Crippen molar-refractivity contribution in [3.63, 3.8) is 0 Å². The van der Waals surface area contributed by atoms with Crippen LogP contribution in [0.4, 0.5) is 0 Å². The van der Waals surface area contributed by atoms with Crippen LogP contribution in [0.25, 0.3) is 0 Å². The van der Waals surface area contributed by atoms with Crippen molar-refractivity contribution < 1.29 is 9.53 Å². The third-order valence-electron chi connectivity index (χ3n) is 2.74. The molecule has 0 atom stereocenters. The number of ether oxygens (including phenoxy) is 1. The molecule has 0 bridgehead atoms. The molecular weight excluding hydrogens is 311 g/mol. The fraction of sp³-hybridized carbons (Fsp3) is 0.200. The van der Waals surface area contributed by atoms with Gasteiger partial charge in [-0.15, -0.1) is 0 Å². The first kappa shape index (κ1) is 15.6. The Morgan fingerprint density at radius 3 is 2.67 bits per heavy atom. The second-order valence-corrected chi connectivity index (χ2v) is 5.16. The van der Waals surface area contributed by atoms with Gasteiger partial charge in [0.1, 0.15) is 5.75 Å². The van der Waals surface area contributed by atoms with Gasteiger partial charge in [-0.2, -0.15) is 0 Å². The Balaban J connectivity index is 1.72. The Hall–Kier alpha value is -1.78. The predicted molar refractivity (Wildman–Crippen MR) is 82.9 cm³/mol. The van der Waals surface area contributed by atoms with E-state index in [0.717, 1.165) is 12.0 Å². The number of amides is 1. The van der Waals surface area contributed by atoms with Crippen LogP contribution in [0, 0.1) is 0 Å². The highest BCUT2D eigenvalue weighted by Gasteiger charge is 2.06. The first-order valence-corrected chi connectivity index (χ1v) is 7.14. The van der Waals surface area contributed by atoms with Gasteiger partial charge in [-0.25, -0.2) is 0 Å². The highest BCUT2D eigenvalue weighted by atomic mass is 35.5. The molecule has 1 N–H and O–H groups in total. The van der Waals surface area contributed by atoms with Gasteiger partial charge < -0.3 is 10.1 Å². The monoisotopic (exact) mass is 324 g/mol. The van der Waals surface area contributed by atoms with Crippen molar-refractivity contribution in [1.29, 1.82) is 0 Å². The van der Waals surface area contributed by atoms with E-state index in [-0.39, 0.29) is 12.5 Å². The molecule has 0 aliphatic carbocycles. The predicted octanol–water partition coefficient (Wildman–Crippen LogP) is 3.13. The number of nitrogens with zero attached hydrogens (tertiary/aromatic N) is 1. The molecule has 6 heteroatoms. The molecule has 0 fully saturated rings. The minimum absolute atomic E-state index is 0.0856. The van der Waals surface area contributed by atoms with Crippen molar-refractivity contribution in [2.24, 2.45) is 0 Å². The zero-order valence-corrected chi connectivity index (χ0v) is 12.7. The van der Waals surface area contributed by atoms with Crippen LogP contribution < -0.4 is 10.1 Å². The molecule has 2 rings (SSSR count). The zero-order valence-electron chi connectivity index (χ0n) is 11.2. The number of rotatable bonds is 6. The van der Waals surface area contributed by atoms with Crippen molar-refractivity contribution in [3.8, 4) is 5.75 Å². The standard InChI is InChI=1S/C15H14Cl2N2O2/c16-12-1-2-14(13(17)9-12)21-10-15(20)19-8-5-11-3-6-18-7-4-11/h1-4,6-7,9H,5,8,10H2,(H,19,20). The molecule has 0 saturated heterocycles. The van der Waals surface area contributed by atoms with Crippen LogP contribution in [-0.4, -0.2) is 24.0 Å². The highest BCUT2D eigenvalue weighted by molar-refractivity contribution is 6.35. The molecule has 0 spiro atoms. The minimum Gasteiger partial charge on any atom is -0.482 e. The normalized spacial score (nSPS) is 10.2. The fourth-order valence-corrected chi connectivity index (χ4v) is 2.15. The number of benzene rings is 1. The van der Waals surface area contributed by atoms with Gasteiger partial charge in [0, 0.05) is 24.0 Å². The van der Waals surface area contributed by atoms with Gasteiger partial charge in [0.25, 0.3) is 5.91 Å². The summed E-state index contributed by atoms with van der Waals surface area (Å²) >= 11 is 11.7. The van der Waals surface area contributed by atoms with E-state index in [4.69, 9.17) is 27.9 Å². The zero-order chi connectivity index (χ0) is 15.1. The van der Waals surface area contributed by atoms with Crippen LogP contribution in [0.5, 0.6) is 5.75 Å². The van der Waals surface area contributed by atoms with Crippen LogP contribution in [0.1, 0.15) is 5.56 Å². The lowest BCUT2D eigenvalue weighted by atomic mass is 10.2. The Morgan fingerprint density at radius 2 is 1.95 bits per heavy atom. The number of aromatic nitrogens is 1. The Morgan fingerprint density at radius 1 is 1.19 bits per heavy atom. The van der Waals surface area contributed by atoms with Gasteiger partial charge in [0.2, 0.25) is 0 Å². The van der Waals surface area contributed by atoms with Crippen LogP contribution in [0.2, 0.25) is 10.0 Å². The maximum absolute atomic E-state index is 11.7. The molecule has 4 nitrogen and oxygen atoms in total. The molecule has 21 heavy (non-hydrogen) atoms. The minimum atomic E-state index is -0.199. The second kappa shape index (κ2) is 7.86. The molecule has 0 unspecified atom stereocenters. The molecule has 1 aromatic heterocycles. The lowest BCUT2D eigenvalue weighted by Gasteiger charge is -2.09. The number of nitrogens with one attached hydrogen (secondary N) is 1. The average Bonchev–Trinajstić information content (AvgIpc) is 2.47. The van der Waals surface area contributed by atoms with Gasteiger partial charge >= 0.3 is 0 Å². The summed E-state index contributed by atoms with van der Waals surface area (Å²) in [5.41, 5.74) is 1.12. The van der Waals surface area contributed by atoms with Gasteiger partial charge in [-0.1, -0.05) is 23.2 Å². The number of pyridine rings is 1. The molecule has 0 saturated carbocycles. The van der Waals surface area contributed by atoms with Crippen molar-refractivity contribution in [1.82, 2.24) is 10.3 Å². The van der Waals surface area contributed by atoms with Gasteiger partial charge in [-0.3, -0.25) is 9.78 Å². The molecule has 0 aliphatic heterocycles. The number of carbonyl (C=O) groups excluding carboxylic acids is 1. The molecular formula is C15H14Cl2N2O2. The van der Waals surface area contributed by atoms with E-state index in [0.29, 0.717) is 22.3 Å². The maximum atomic E-state index is 11.7. The average molecular weight is 325 g/mol. The Labute approximate surface area is 133 Å². The molecule has 0 radical (unpaired) electrons. The summed E-state index contributed by atoms with van der Waals surface area (Å²) in [6, 6.07) is 8.69. The summed E-state index contributed by atoms with van der Waals surface area (Å²) in [5, 5.41) is 3.68. The molecule has 1 amide bonds. The largest absolute Gasteiger partial charge is 0.482 e. The topological polar surface area (TPSA) is 51.2 Å².